The first-order chi connectivity index (χ1) is 8.04. The summed E-state index contributed by atoms with van der Waals surface area (Å²) in [5.41, 5.74) is 2.93. The van der Waals surface area contributed by atoms with E-state index >= 15 is 0 Å². The van der Waals surface area contributed by atoms with Crippen LogP contribution in [0.3, 0.4) is 0 Å². The maximum Gasteiger partial charge on any atom is 0.0931 e. The fraction of sp³-hybridized carbons (Fsp3) is 0.667. The van der Waals surface area contributed by atoms with E-state index in [4.69, 9.17) is 22.2 Å². The number of halogens is 1. The van der Waals surface area contributed by atoms with Crippen LogP contribution in [-0.4, -0.2) is 12.2 Å². The lowest BCUT2D eigenvalue weighted by Gasteiger charge is -2.27. The minimum atomic E-state index is 0.113. The minimum Gasteiger partial charge on any atom is -0.375 e. The average molecular weight is 275 g/mol. The molecule has 0 aliphatic carbocycles. The van der Waals surface area contributed by atoms with E-state index in [0.29, 0.717) is 11.8 Å². The lowest BCUT2D eigenvalue weighted by molar-refractivity contribution is 0.0476. The molecule has 0 amide bonds. The van der Waals surface area contributed by atoms with Crippen LogP contribution in [0.15, 0.2) is 12.1 Å². The van der Waals surface area contributed by atoms with Gasteiger partial charge in [-0.2, -0.15) is 0 Å². The van der Waals surface area contributed by atoms with Gasteiger partial charge in [-0.1, -0.05) is 18.5 Å². The Hall–Kier alpha value is -0.130. The molecular formula is C12H19ClN2OS. The third kappa shape index (κ3) is 2.51. The van der Waals surface area contributed by atoms with E-state index in [1.165, 1.54) is 4.88 Å². The zero-order valence-corrected chi connectivity index (χ0v) is 11.9. The molecule has 1 fully saturated rings. The predicted octanol–water partition coefficient (Wildman–Crippen LogP) is 2.97. The largest absolute Gasteiger partial charge is 0.375 e. The number of rotatable bonds is 3. The molecule has 96 valence electrons. The van der Waals surface area contributed by atoms with Gasteiger partial charge in [-0.3, -0.25) is 11.3 Å². The SMILES string of the molecule is CC1OC(C)C(C(NN)c2ccc(Cl)s2)C1C. The maximum absolute atomic E-state index is 5.99. The molecule has 17 heavy (non-hydrogen) atoms. The van der Waals surface area contributed by atoms with Gasteiger partial charge in [-0.05, 0) is 31.9 Å². The van der Waals surface area contributed by atoms with Crippen molar-refractivity contribution in [3.8, 4) is 0 Å². The van der Waals surface area contributed by atoms with Crippen LogP contribution in [0.5, 0.6) is 0 Å². The first-order valence-electron chi connectivity index (χ1n) is 5.91. The molecule has 0 bridgehead atoms. The highest BCUT2D eigenvalue weighted by molar-refractivity contribution is 7.16. The Morgan fingerprint density at radius 3 is 2.47 bits per heavy atom. The van der Waals surface area contributed by atoms with Crippen LogP contribution in [-0.2, 0) is 4.74 Å². The van der Waals surface area contributed by atoms with Crippen molar-refractivity contribution in [2.24, 2.45) is 17.7 Å². The van der Waals surface area contributed by atoms with E-state index in [-0.39, 0.29) is 18.2 Å². The van der Waals surface area contributed by atoms with E-state index in [0.717, 1.165) is 4.34 Å². The van der Waals surface area contributed by atoms with Gasteiger partial charge in [0, 0.05) is 10.8 Å². The van der Waals surface area contributed by atoms with Gasteiger partial charge in [0.15, 0.2) is 0 Å². The summed E-state index contributed by atoms with van der Waals surface area (Å²) in [6.07, 6.45) is 0.489. The highest BCUT2D eigenvalue weighted by Gasteiger charge is 2.42. The molecule has 1 aliphatic rings. The van der Waals surface area contributed by atoms with Crippen molar-refractivity contribution in [1.82, 2.24) is 5.43 Å². The summed E-state index contributed by atoms with van der Waals surface area (Å²) < 4.78 is 6.67. The monoisotopic (exact) mass is 274 g/mol. The van der Waals surface area contributed by atoms with Crippen LogP contribution in [0, 0.1) is 11.8 Å². The summed E-state index contributed by atoms with van der Waals surface area (Å²) >= 11 is 7.57. The summed E-state index contributed by atoms with van der Waals surface area (Å²) in [5, 5.41) is 0. The van der Waals surface area contributed by atoms with Crippen LogP contribution in [0.25, 0.3) is 0 Å². The van der Waals surface area contributed by atoms with E-state index in [2.05, 4.69) is 26.2 Å². The normalized spacial score (nSPS) is 35.1. The molecular weight excluding hydrogens is 256 g/mol. The number of hydrogen-bond acceptors (Lipinski definition) is 4. The molecule has 2 rings (SSSR count). The van der Waals surface area contributed by atoms with E-state index < -0.39 is 0 Å². The first-order valence-corrected chi connectivity index (χ1v) is 7.11. The van der Waals surface area contributed by atoms with Crippen LogP contribution in [0.4, 0.5) is 0 Å². The second-order valence-electron chi connectivity index (χ2n) is 4.77. The molecule has 2 heterocycles. The quantitative estimate of drug-likeness (QED) is 0.658. The lowest BCUT2D eigenvalue weighted by atomic mass is 9.83. The van der Waals surface area contributed by atoms with Crippen LogP contribution >= 0.6 is 22.9 Å². The van der Waals surface area contributed by atoms with Gasteiger partial charge < -0.3 is 4.74 Å². The highest BCUT2D eigenvalue weighted by Crippen LogP contribution is 2.42. The third-order valence-electron chi connectivity index (χ3n) is 3.78. The fourth-order valence-electron chi connectivity index (χ4n) is 2.75. The number of nitrogens with one attached hydrogen (secondary N) is 1. The van der Waals surface area contributed by atoms with Gasteiger partial charge in [0.25, 0.3) is 0 Å². The molecule has 3 nitrogen and oxygen atoms in total. The molecule has 1 aromatic rings. The first kappa shape index (κ1) is 13.3. The van der Waals surface area contributed by atoms with Crippen molar-refractivity contribution in [2.75, 3.05) is 0 Å². The van der Waals surface area contributed by atoms with Gasteiger partial charge >= 0.3 is 0 Å². The topological polar surface area (TPSA) is 47.3 Å². The summed E-state index contributed by atoms with van der Waals surface area (Å²) in [7, 11) is 0. The molecule has 0 radical (unpaired) electrons. The molecule has 5 atom stereocenters. The lowest BCUT2D eigenvalue weighted by Crippen LogP contribution is -2.38. The van der Waals surface area contributed by atoms with Gasteiger partial charge in [0.05, 0.1) is 22.6 Å². The Labute approximate surface area is 111 Å². The van der Waals surface area contributed by atoms with Gasteiger partial charge in [-0.25, -0.2) is 0 Å². The zero-order chi connectivity index (χ0) is 12.6. The summed E-state index contributed by atoms with van der Waals surface area (Å²) in [6, 6.07) is 4.07. The molecule has 1 aromatic heterocycles. The average Bonchev–Trinajstić information content (AvgIpc) is 2.79. The van der Waals surface area contributed by atoms with Crippen molar-refractivity contribution in [2.45, 2.75) is 39.0 Å². The Bertz CT molecular complexity index is 384. The Balaban J connectivity index is 2.24. The van der Waals surface area contributed by atoms with Crippen LogP contribution < -0.4 is 11.3 Å². The Morgan fingerprint density at radius 1 is 1.35 bits per heavy atom. The summed E-state index contributed by atoms with van der Waals surface area (Å²) in [6.45, 7) is 6.46. The molecule has 0 saturated carbocycles. The molecule has 1 saturated heterocycles. The molecule has 5 unspecified atom stereocenters. The van der Waals surface area contributed by atoms with Crippen molar-refractivity contribution < 1.29 is 4.74 Å². The minimum absolute atomic E-state index is 0.113. The van der Waals surface area contributed by atoms with Crippen LogP contribution in [0.1, 0.15) is 31.7 Å². The van der Waals surface area contributed by atoms with Gasteiger partial charge in [-0.15, -0.1) is 11.3 Å². The number of hydrogen-bond donors (Lipinski definition) is 2. The standard InChI is InChI=1S/C12H19ClN2OS/c1-6-7(2)16-8(3)11(6)12(15-14)9-4-5-10(13)17-9/h4-8,11-12,15H,14H2,1-3H3. The number of hydrazine groups is 1. The smallest absolute Gasteiger partial charge is 0.0931 e. The van der Waals surface area contributed by atoms with E-state index in [1.807, 2.05) is 12.1 Å². The van der Waals surface area contributed by atoms with Crippen molar-refractivity contribution >= 4 is 22.9 Å². The summed E-state index contributed by atoms with van der Waals surface area (Å²) in [4.78, 5) is 1.18. The zero-order valence-electron chi connectivity index (χ0n) is 10.3. The van der Waals surface area contributed by atoms with Crippen LogP contribution in [0.2, 0.25) is 4.34 Å². The fourth-order valence-corrected chi connectivity index (χ4v) is 3.93. The van der Waals surface area contributed by atoms with E-state index in [1.54, 1.807) is 11.3 Å². The molecule has 1 aliphatic heterocycles. The Kier molecular flexibility index (Phi) is 4.10. The maximum atomic E-state index is 5.99. The number of ether oxygens (including phenoxy) is 1. The summed E-state index contributed by atoms with van der Waals surface area (Å²) in [5.74, 6) is 6.58. The second kappa shape index (κ2) is 5.24. The molecule has 0 spiro atoms. The van der Waals surface area contributed by atoms with Crippen molar-refractivity contribution in [3.63, 3.8) is 0 Å². The third-order valence-corrected chi connectivity index (χ3v) is 5.10. The highest BCUT2D eigenvalue weighted by atomic mass is 35.5. The Morgan fingerprint density at radius 2 is 2.06 bits per heavy atom. The number of nitrogens with two attached hydrogens (primary N) is 1. The molecule has 0 aromatic carbocycles. The second-order valence-corrected chi connectivity index (χ2v) is 6.52. The number of thiophene rings is 1. The predicted molar refractivity (Wildman–Crippen MR) is 72.1 cm³/mol. The van der Waals surface area contributed by atoms with E-state index in [9.17, 15) is 0 Å². The molecule has 3 N–H and O–H groups in total. The van der Waals surface area contributed by atoms with Gasteiger partial charge in [0.1, 0.15) is 0 Å². The van der Waals surface area contributed by atoms with Crippen molar-refractivity contribution in [1.29, 1.82) is 0 Å². The van der Waals surface area contributed by atoms with Gasteiger partial charge in [0.2, 0.25) is 0 Å². The van der Waals surface area contributed by atoms with Crippen molar-refractivity contribution in [3.05, 3.63) is 21.3 Å². The molecule has 5 heteroatoms.